The van der Waals surface area contributed by atoms with Crippen LogP contribution in [0.5, 0.6) is 0 Å². The summed E-state index contributed by atoms with van der Waals surface area (Å²) in [5.41, 5.74) is 24.5. The number of nitrogens with zero attached hydrogens (tertiary/aromatic N) is 1. The lowest BCUT2D eigenvalue weighted by atomic mass is 9.61. The van der Waals surface area contributed by atoms with Crippen molar-refractivity contribution in [2.24, 2.45) is 0 Å². The predicted octanol–water partition coefficient (Wildman–Crippen LogP) is 17.7. The van der Waals surface area contributed by atoms with Crippen LogP contribution in [-0.2, 0) is 29.1 Å². The van der Waals surface area contributed by atoms with Crippen molar-refractivity contribution in [3.63, 3.8) is 0 Å². The maximum Gasteiger partial charge on any atom is 0.0714 e. The van der Waals surface area contributed by atoms with E-state index in [2.05, 4.69) is 245 Å². The molecule has 12 rings (SSSR count). The van der Waals surface area contributed by atoms with Crippen LogP contribution in [0.25, 0.3) is 44.5 Å². The van der Waals surface area contributed by atoms with Crippen LogP contribution in [0.4, 0.5) is 17.1 Å². The van der Waals surface area contributed by atoms with Crippen molar-refractivity contribution in [1.82, 2.24) is 0 Å². The van der Waals surface area contributed by atoms with Gasteiger partial charge in [0.05, 0.1) is 11.1 Å². The van der Waals surface area contributed by atoms with E-state index in [0.29, 0.717) is 0 Å². The topological polar surface area (TPSA) is 3.24 Å². The summed E-state index contributed by atoms with van der Waals surface area (Å²) in [5, 5.41) is 0. The van der Waals surface area contributed by atoms with E-state index in [-0.39, 0.29) is 10.8 Å². The first-order valence-electron chi connectivity index (χ1n) is 24.9. The Balaban J connectivity index is 1.10. The molecule has 0 N–H and O–H groups in total. The summed E-state index contributed by atoms with van der Waals surface area (Å²) in [6.07, 6.45) is 7.24. The average Bonchev–Trinajstić information content (AvgIpc) is 3.68. The van der Waals surface area contributed by atoms with Crippen LogP contribution in [0.2, 0.25) is 0 Å². The van der Waals surface area contributed by atoms with Crippen LogP contribution in [0.3, 0.4) is 0 Å². The van der Waals surface area contributed by atoms with Gasteiger partial charge in [0.2, 0.25) is 0 Å². The molecule has 0 bridgehead atoms. The standard InChI is InChI=1S/C67H59N/c1-65(2)42-43-66(3,4)64-56(31-19-33-61(64)65)48-38-40-53(41-39-48)68(52-26-12-7-13-27-52)63-45-62-59(44-58(63)49-36-34-47(35-37-49)55-30-18-21-46-20-14-15-28-54(46)55)57-29-16-17-32-60(57)67(62,50-22-8-5-9-23-50)51-24-10-6-11-25-51/h5-13,16-19,21-27,29-41,44-45H,14-15,20,28,42-43H2,1-4H3. The van der Waals surface area contributed by atoms with E-state index in [9.17, 15) is 0 Å². The van der Waals surface area contributed by atoms with Gasteiger partial charge in [0.25, 0.3) is 0 Å². The molecule has 0 saturated carbocycles. The lowest BCUT2D eigenvalue weighted by Gasteiger charge is -2.43. The summed E-state index contributed by atoms with van der Waals surface area (Å²) in [5.74, 6) is 0. The second-order valence-corrected chi connectivity index (χ2v) is 20.9. The zero-order valence-electron chi connectivity index (χ0n) is 39.9. The predicted molar refractivity (Wildman–Crippen MR) is 287 cm³/mol. The van der Waals surface area contributed by atoms with E-state index >= 15 is 0 Å². The monoisotopic (exact) mass is 877 g/mol. The van der Waals surface area contributed by atoms with Gasteiger partial charge in [-0.25, -0.2) is 0 Å². The Bertz CT molecular complexity index is 3260. The van der Waals surface area contributed by atoms with E-state index in [0.717, 1.165) is 23.5 Å². The van der Waals surface area contributed by atoms with Gasteiger partial charge in [0.1, 0.15) is 0 Å². The molecule has 0 saturated heterocycles. The zero-order valence-corrected chi connectivity index (χ0v) is 39.9. The molecule has 0 aliphatic heterocycles. The molecule has 1 heteroatoms. The Morgan fingerprint density at radius 2 is 0.882 bits per heavy atom. The highest BCUT2D eigenvalue weighted by Gasteiger charge is 2.47. The first kappa shape index (κ1) is 42.2. The van der Waals surface area contributed by atoms with E-state index in [1.807, 2.05) is 0 Å². The van der Waals surface area contributed by atoms with Crippen molar-refractivity contribution in [2.75, 3.05) is 4.90 Å². The maximum atomic E-state index is 2.55. The molecule has 68 heavy (non-hydrogen) atoms. The Labute approximate surface area is 403 Å². The largest absolute Gasteiger partial charge is 0.310 e. The Kier molecular flexibility index (Phi) is 10.2. The van der Waals surface area contributed by atoms with E-state index < -0.39 is 5.41 Å². The maximum absolute atomic E-state index is 2.55. The molecule has 9 aromatic rings. The molecule has 3 aliphatic rings. The van der Waals surface area contributed by atoms with Crippen LogP contribution >= 0.6 is 0 Å². The highest BCUT2D eigenvalue weighted by Crippen LogP contribution is 2.59. The molecule has 0 fully saturated rings. The van der Waals surface area contributed by atoms with Gasteiger partial charge < -0.3 is 4.90 Å². The Morgan fingerprint density at radius 3 is 1.59 bits per heavy atom. The lowest BCUT2D eigenvalue weighted by Crippen LogP contribution is -2.34. The molecule has 332 valence electrons. The molecule has 0 amide bonds. The number of hydrogen-bond donors (Lipinski definition) is 0. The van der Waals surface area contributed by atoms with Crippen molar-refractivity contribution in [3.05, 3.63) is 257 Å². The summed E-state index contributed by atoms with van der Waals surface area (Å²) in [7, 11) is 0. The number of fused-ring (bicyclic) bond motifs is 5. The zero-order chi connectivity index (χ0) is 46.0. The normalized spacial score (nSPS) is 15.9. The van der Waals surface area contributed by atoms with Gasteiger partial charge in [-0.1, -0.05) is 204 Å². The molecular weight excluding hydrogens is 819 g/mol. The lowest BCUT2D eigenvalue weighted by molar-refractivity contribution is 0.333. The highest BCUT2D eigenvalue weighted by molar-refractivity contribution is 5.97. The smallest absolute Gasteiger partial charge is 0.0714 e. The Morgan fingerprint density at radius 1 is 0.368 bits per heavy atom. The molecule has 0 aromatic heterocycles. The fourth-order valence-corrected chi connectivity index (χ4v) is 12.5. The molecule has 0 spiro atoms. The van der Waals surface area contributed by atoms with E-state index in [4.69, 9.17) is 0 Å². The second kappa shape index (κ2) is 16.5. The van der Waals surface area contributed by atoms with Gasteiger partial charge >= 0.3 is 0 Å². The van der Waals surface area contributed by atoms with Gasteiger partial charge in [0, 0.05) is 16.9 Å². The summed E-state index contributed by atoms with van der Waals surface area (Å²) < 4.78 is 0. The number of benzene rings is 9. The van der Waals surface area contributed by atoms with Crippen molar-refractivity contribution < 1.29 is 0 Å². The van der Waals surface area contributed by atoms with Crippen molar-refractivity contribution in [2.45, 2.75) is 82.5 Å². The van der Waals surface area contributed by atoms with Crippen molar-refractivity contribution in [3.8, 4) is 44.5 Å². The molecule has 0 unspecified atom stereocenters. The van der Waals surface area contributed by atoms with Crippen LogP contribution in [0, 0.1) is 0 Å². The van der Waals surface area contributed by atoms with E-state index in [1.54, 1.807) is 0 Å². The van der Waals surface area contributed by atoms with E-state index in [1.165, 1.54) is 121 Å². The second-order valence-electron chi connectivity index (χ2n) is 20.9. The van der Waals surface area contributed by atoms with Crippen LogP contribution in [0.15, 0.2) is 212 Å². The van der Waals surface area contributed by atoms with Gasteiger partial charge in [-0.15, -0.1) is 0 Å². The molecule has 0 radical (unpaired) electrons. The summed E-state index contributed by atoms with van der Waals surface area (Å²) in [6, 6.07) is 80.5. The number of hydrogen-bond acceptors (Lipinski definition) is 1. The minimum Gasteiger partial charge on any atom is -0.310 e. The van der Waals surface area contributed by atoms with Crippen molar-refractivity contribution >= 4 is 17.1 Å². The van der Waals surface area contributed by atoms with Gasteiger partial charge in [-0.3, -0.25) is 0 Å². The molecule has 0 heterocycles. The molecule has 0 atom stereocenters. The summed E-state index contributed by atoms with van der Waals surface area (Å²) >= 11 is 0. The Hall–Kier alpha value is -7.22. The quantitative estimate of drug-likeness (QED) is 0.147. The first-order chi connectivity index (χ1) is 33.2. The SMILES string of the molecule is CC1(C)CCC(C)(C)c2c(-c3ccc(N(c4ccccc4)c4cc5c(cc4-c4ccc(-c6cccc7c6CCCC7)cc4)-c4ccccc4C5(c4ccccc4)c4ccccc4)cc3)cccc21. The third-order valence-electron chi connectivity index (χ3n) is 16.0. The van der Waals surface area contributed by atoms with Crippen LogP contribution in [-0.4, -0.2) is 0 Å². The van der Waals surface area contributed by atoms with Gasteiger partial charge in [-0.2, -0.15) is 0 Å². The fraction of sp³-hybridized carbons (Fsp3) is 0.194. The minimum atomic E-state index is -0.544. The van der Waals surface area contributed by atoms with Crippen molar-refractivity contribution in [1.29, 1.82) is 0 Å². The molecule has 9 aromatic carbocycles. The average molecular weight is 878 g/mol. The number of aryl methyl sites for hydroxylation is 1. The van der Waals surface area contributed by atoms with Crippen LogP contribution < -0.4 is 4.90 Å². The molecule has 1 nitrogen and oxygen atoms in total. The molecule has 3 aliphatic carbocycles. The third kappa shape index (κ3) is 6.81. The summed E-state index contributed by atoms with van der Waals surface area (Å²) in [6.45, 7) is 9.72. The number of rotatable bonds is 8. The minimum absolute atomic E-state index is 0.0898. The first-order valence-corrected chi connectivity index (χ1v) is 24.9. The van der Waals surface area contributed by atoms with Crippen LogP contribution in [0.1, 0.15) is 97.9 Å². The summed E-state index contributed by atoms with van der Waals surface area (Å²) in [4.78, 5) is 2.51. The van der Waals surface area contributed by atoms with Gasteiger partial charge in [-0.05, 0) is 169 Å². The number of para-hydroxylation sites is 1. The fourth-order valence-electron chi connectivity index (χ4n) is 12.5. The van der Waals surface area contributed by atoms with Gasteiger partial charge in [0.15, 0.2) is 0 Å². The number of anilines is 3. The molecular formula is C67H59N. The highest BCUT2D eigenvalue weighted by atomic mass is 15.1. The third-order valence-corrected chi connectivity index (χ3v) is 16.0.